The molecule has 0 fully saturated rings. The number of halogens is 4. The van der Waals surface area contributed by atoms with Gasteiger partial charge < -0.3 is 0 Å². The molecule has 0 radical (unpaired) electrons. The molecule has 0 bridgehead atoms. The molecule has 0 aromatic carbocycles. The zero-order valence-corrected chi connectivity index (χ0v) is 11.8. The summed E-state index contributed by atoms with van der Waals surface area (Å²) in [6, 6.07) is 0.893. The second-order valence-electron chi connectivity index (χ2n) is 4.62. The third-order valence-electron chi connectivity index (χ3n) is 2.69. The average Bonchev–Trinajstić information content (AvgIpc) is 2.81. The van der Waals surface area contributed by atoms with E-state index >= 15 is 0 Å². The summed E-state index contributed by atoms with van der Waals surface area (Å²) in [6.45, 7) is 5.38. The van der Waals surface area contributed by atoms with E-state index in [-0.39, 0.29) is 16.9 Å². The Balaban J connectivity index is 2.55. The summed E-state index contributed by atoms with van der Waals surface area (Å²) in [4.78, 5) is 8.34. The minimum Gasteiger partial charge on any atom is -0.222 e. The Kier molecular flexibility index (Phi) is 3.73. The summed E-state index contributed by atoms with van der Waals surface area (Å²) < 4.78 is 38.8. The SMILES string of the molecule is Cc1c(Cl)nc(C(C)C)nc1-n1ccc(C(F)(F)F)n1. The van der Waals surface area contributed by atoms with Crippen molar-refractivity contribution < 1.29 is 13.2 Å². The van der Waals surface area contributed by atoms with Crippen molar-refractivity contribution in [2.45, 2.75) is 32.9 Å². The van der Waals surface area contributed by atoms with Crippen molar-refractivity contribution in [1.29, 1.82) is 0 Å². The number of alkyl halides is 3. The predicted octanol–water partition coefficient (Wildman–Crippen LogP) is 3.77. The van der Waals surface area contributed by atoms with Gasteiger partial charge in [-0.15, -0.1) is 0 Å². The predicted molar refractivity (Wildman–Crippen MR) is 68.0 cm³/mol. The molecule has 4 nitrogen and oxygen atoms in total. The van der Waals surface area contributed by atoms with Crippen molar-refractivity contribution in [3.63, 3.8) is 0 Å². The summed E-state index contributed by atoms with van der Waals surface area (Å²) >= 11 is 6.00. The topological polar surface area (TPSA) is 43.6 Å². The van der Waals surface area contributed by atoms with Crippen LogP contribution in [0.3, 0.4) is 0 Å². The third kappa shape index (κ3) is 2.77. The number of hydrogen-bond acceptors (Lipinski definition) is 3. The Morgan fingerprint density at radius 2 is 1.90 bits per heavy atom. The van der Waals surface area contributed by atoms with E-state index in [0.717, 1.165) is 10.7 Å². The van der Waals surface area contributed by atoms with E-state index in [1.54, 1.807) is 6.92 Å². The Labute approximate surface area is 118 Å². The number of hydrogen-bond donors (Lipinski definition) is 0. The van der Waals surface area contributed by atoms with Gasteiger partial charge in [-0.05, 0) is 13.0 Å². The summed E-state index contributed by atoms with van der Waals surface area (Å²) in [6.07, 6.45) is -3.28. The van der Waals surface area contributed by atoms with Crippen LogP contribution in [0.15, 0.2) is 12.3 Å². The first-order valence-electron chi connectivity index (χ1n) is 5.87. The van der Waals surface area contributed by atoms with E-state index in [0.29, 0.717) is 11.4 Å². The van der Waals surface area contributed by atoms with E-state index < -0.39 is 11.9 Å². The Morgan fingerprint density at radius 1 is 1.25 bits per heavy atom. The molecule has 0 spiro atoms. The van der Waals surface area contributed by atoms with Crippen LogP contribution in [0.2, 0.25) is 5.15 Å². The van der Waals surface area contributed by atoms with E-state index in [2.05, 4.69) is 15.1 Å². The third-order valence-corrected chi connectivity index (χ3v) is 3.06. The highest BCUT2D eigenvalue weighted by atomic mass is 35.5. The molecule has 0 N–H and O–H groups in total. The first kappa shape index (κ1) is 14.8. The van der Waals surface area contributed by atoms with Crippen molar-refractivity contribution in [3.05, 3.63) is 34.5 Å². The normalized spacial score (nSPS) is 12.2. The first-order chi connectivity index (χ1) is 9.20. The van der Waals surface area contributed by atoms with Gasteiger partial charge in [-0.1, -0.05) is 25.4 Å². The zero-order chi connectivity index (χ0) is 15.1. The summed E-state index contributed by atoms with van der Waals surface area (Å²) in [5, 5.41) is 3.71. The molecule has 0 saturated heterocycles. The van der Waals surface area contributed by atoms with Gasteiger partial charge in [0, 0.05) is 17.7 Å². The van der Waals surface area contributed by atoms with Crippen LogP contribution in [0.5, 0.6) is 0 Å². The van der Waals surface area contributed by atoms with Crippen LogP contribution in [0, 0.1) is 6.92 Å². The monoisotopic (exact) mass is 304 g/mol. The minimum atomic E-state index is -4.49. The highest BCUT2D eigenvalue weighted by Gasteiger charge is 2.34. The highest BCUT2D eigenvalue weighted by molar-refractivity contribution is 6.30. The van der Waals surface area contributed by atoms with Gasteiger partial charge in [0.15, 0.2) is 11.5 Å². The zero-order valence-electron chi connectivity index (χ0n) is 11.0. The van der Waals surface area contributed by atoms with Crippen LogP contribution in [0.1, 0.15) is 36.8 Å². The number of nitrogens with zero attached hydrogens (tertiary/aromatic N) is 4. The lowest BCUT2D eigenvalue weighted by molar-refractivity contribution is -0.141. The second-order valence-corrected chi connectivity index (χ2v) is 4.98. The Hall–Kier alpha value is -1.63. The molecule has 2 heterocycles. The highest BCUT2D eigenvalue weighted by Crippen LogP contribution is 2.28. The molecule has 0 aliphatic rings. The summed E-state index contributed by atoms with van der Waals surface area (Å²) in [5.74, 6) is 0.716. The molecule has 0 atom stereocenters. The van der Waals surface area contributed by atoms with Gasteiger partial charge in [0.05, 0.1) is 0 Å². The van der Waals surface area contributed by atoms with Gasteiger partial charge in [-0.25, -0.2) is 14.6 Å². The maximum absolute atomic E-state index is 12.6. The van der Waals surface area contributed by atoms with Gasteiger partial charge in [-0.3, -0.25) is 0 Å². The lowest BCUT2D eigenvalue weighted by Crippen LogP contribution is -2.11. The van der Waals surface area contributed by atoms with Crippen molar-refractivity contribution in [2.24, 2.45) is 0 Å². The van der Waals surface area contributed by atoms with E-state index in [9.17, 15) is 13.2 Å². The van der Waals surface area contributed by atoms with Gasteiger partial charge in [0.25, 0.3) is 0 Å². The van der Waals surface area contributed by atoms with Crippen LogP contribution in [0.4, 0.5) is 13.2 Å². The molecule has 2 rings (SSSR count). The average molecular weight is 305 g/mol. The lowest BCUT2D eigenvalue weighted by Gasteiger charge is -2.11. The van der Waals surface area contributed by atoms with Crippen LogP contribution < -0.4 is 0 Å². The molecule has 20 heavy (non-hydrogen) atoms. The van der Waals surface area contributed by atoms with Crippen LogP contribution in [0.25, 0.3) is 5.82 Å². The maximum Gasteiger partial charge on any atom is 0.435 e. The first-order valence-corrected chi connectivity index (χ1v) is 6.25. The van der Waals surface area contributed by atoms with Gasteiger partial charge >= 0.3 is 6.18 Å². The van der Waals surface area contributed by atoms with Crippen LogP contribution in [-0.2, 0) is 6.18 Å². The number of aromatic nitrogens is 4. The molecule has 2 aromatic heterocycles. The van der Waals surface area contributed by atoms with E-state index in [1.165, 1.54) is 6.20 Å². The Bertz CT molecular complexity index is 634. The van der Waals surface area contributed by atoms with Gasteiger partial charge in [0.1, 0.15) is 11.0 Å². The molecule has 0 aliphatic carbocycles. The van der Waals surface area contributed by atoms with Crippen molar-refractivity contribution in [1.82, 2.24) is 19.7 Å². The molecule has 2 aromatic rings. The molecular formula is C12H12ClF3N4. The van der Waals surface area contributed by atoms with Crippen LogP contribution in [-0.4, -0.2) is 19.7 Å². The van der Waals surface area contributed by atoms with Gasteiger partial charge in [0.2, 0.25) is 0 Å². The van der Waals surface area contributed by atoms with Crippen molar-refractivity contribution in [2.75, 3.05) is 0 Å². The fourth-order valence-corrected chi connectivity index (χ4v) is 1.74. The largest absolute Gasteiger partial charge is 0.435 e. The maximum atomic E-state index is 12.6. The molecule has 0 aliphatic heterocycles. The molecule has 0 amide bonds. The molecule has 108 valence electrons. The van der Waals surface area contributed by atoms with Crippen molar-refractivity contribution >= 4 is 11.6 Å². The molecule has 8 heteroatoms. The molecule has 0 saturated carbocycles. The van der Waals surface area contributed by atoms with Gasteiger partial charge in [-0.2, -0.15) is 18.3 Å². The Morgan fingerprint density at radius 3 is 2.40 bits per heavy atom. The van der Waals surface area contributed by atoms with Crippen LogP contribution >= 0.6 is 11.6 Å². The quantitative estimate of drug-likeness (QED) is 0.793. The summed E-state index contributed by atoms with van der Waals surface area (Å²) in [7, 11) is 0. The van der Waals surface area contributed by atoms with E-state index in [1.807, 2.05) is 13.8 Å². The lowest BCUT2D eigenvalue weighted by atomic mass is 10.2. The van der Waals surface area contributed by atoms with E-state index in [4.69, 9.17) is 11.6 Å². The van der Waals surface area contributed by atoms with Crippen molar-refractivity contribution in [3.8, 4) is 5.82 Å². The fourth-order valence-electron chi connectivity index (χ4n) is 1.57. The number of rotatable bonds is 2. The second kappa shape index (κ2) is 5.05. The fraction of sp³-hybridized carbons (Fsp3) is 0.417. The standard InChI is InChI=1S/C12H12ClF3N4/c1-6(2)10-17-9(13)7(3)11(18-10)20-5-4-8(19-20)12(14,15)16/h4-6H,1-3H3. The smallest absolute Gasteiger partial charge is 0.222 e. The summed E-state index contributed by atoms with van der Waals surface area (Å²) in [5.41, 5.74) is -0.495. The molecule has 0 unspecified atom stereocenters. The molecular weight excluding hydrogens is 293 g/mol. The minimum absolute atomic E-state index is 0.00417.